The van der Waals surface area contributed by atoms with E-state index in [2.05, 4.69) is 0 Å². The van der Waals surface area contributed by atoms with E-state index >= 15 is 0 Å². The lowest BCUT2D eigenvalue weighted by Gasteiger charge is -2.18. The molecule has 3 N–H and O–H groups in total. The first-order valence-corrected chi connectivity index (χ1v) is 5.60. The lowest BCUT2D eigenvalue weighted by molar-refractivity contribution is -0.175. The molecule has 0 heterocycles. The van der Waals surface area contributed by atoms with Gasteiger partial charge in [-0.05, 0) is 16.3 Å². The Kier molecular flexibility index (Phi) is 3.23. The van der Waals surface area contributed by atoms with E-state index in [4.69, 9.17) is 10.2 Å². The number of hydrogen-bond acceptors (Lipinski definition) is 3. The molecule has 0 aromatic heterocycles. The summed E-state index contributed by atoms with van der Waals surface area (Å²) in [6.07, 6.45) is -0.484. The topological polar surface area (TPSA) is 94.8 Å². The van der Waals surface area contributed by atoms with Gasteiger partial charge < -0.3 is 15.3 Å². The summed E-state index contributed by atoms with van der Waals surface area (Å²) in [5, 5.41) is 29.2. The predicted molar refractivity (Wildman–Crippen MR) is 67.9 cm³/mol. The molecular weight excluding hydrogens is 248 g/mol. The summed E-state index contributed by atoms with van der Waals surface area (Å²) in [6, 6.07) is 12.5. The maximum Gasteiger partial charge on any atom is 0.347 e. The molecular formula is C14H12O5. The van der Waals surface area contributed by atoms with Crippen LogP contribution >= 0.6 is 0 Å². The highest BCUT2D eigenvalue weighted by Gasteiger charge is 2.44. The van der Waals surface area contributed by atoms with Gasteiger partial charge >= 0.3 is 11.9 Å². The van der Waals surface area contributed by atoms with Gasteiger partial charge in [-0.2, -0.15) is 0 Å². The second kappa shape index (κ2) is 4.70. The molecule has 0 spiro atoms. The Balaban J connectivity index is 2.40. The zero-order chi connectivity index (χ0) is 14.0. The van der Waals surface area contributed by atoms with Crippen LogP contribution < -0.4 is 0 Å². The van der Waals surface area contributed by atoms with Gasteiger partial charge in [-0.3, -0.25) is 0 Å². The third kappa shape index (κ3) is 2.41. The van der Waals surface area contributed by atoms with Crippen molar-refractivity contribution >= 4 is 22.7 Å². The molecule has 19 heavy (non-hydrogen) atoms. The van der Waals surface area contributed by atoms with Crippen LogP contribution in [0.3, 0.4) is 0 Å². The van der Waals surface area contributed by atoms with Crippen LogP contribution in [0.4, 0.5) is 0 Å². The van der Waals surface area contributed by atoms with Crippen molar-refractivity contribution in [3.8, 4) is 0 Å². The molecule has 0 amide bonds. The smallest absolute Gasteiger partial charge is 0.347 e. The van der Waals surface area contributed by atoms with Gasteiger partial charge in [0.25, 0.3) is 5.60 Å². The van der Waals surface area contributed by atoms with Crippen molar-refractivity contribution in [1.29, 1.82) is 0 Å². The zero-order valence-electron chi connectivity index (χ0n) is 9.91. The van der Waals surface area contributed by atoms with Crippen LogP contribution in [-0.2, 0) is 16.0 Å². The Morgan fingerprint density at radius 1 is 0.947 bits per heavy atom. The molecule has 98 valence electrons. The molecule has 0 atom stereocenters. The Morgan fingerprint density at radius 2 is 1.53 bits per heavy atom. The van der Waals surface area contributed by atoms with E-state index in [0.29, 0.717) is 5.56 Å². The number of carboxylic acid groups (broad SMARTS) is 2. The van der Waals surface area contributed by atoms with Crippen LogP contribution in [0.5, 0.6) is 0 Å². The van der Waals surface area contributed by atoms with Gasteiger partial charge in [-0.25, -0.2) is 9.59 Å². The standard InChI is InChI=1S/C14H12O5/c15-12(16)14(19,13(17)18)8-9-5-6-10-3-1-2-4-11(10)7-9/h1-7,19H,8H2,(H,15,16)(H,17,18). The Hall–Kier alpha value is -2.40. The van der Waals surface area contributed by atoms with Gasteiger partial charge in [0.15, 0.2) is 0 Å². The van der Waals surface area contributed by atoms with Gasteiger partial charge in [0.05, 0.1) is 0 Å². The lowest BCUT2D eigenvalue weighted by atomic mass is 9.93. The van der Waals surface area contributed by atoms with E-state index in [-0.39, 0.29) is 0 Å². The van der Waals surface area contributed by atoms with Crippen LogP contribution in [0.15, 0.2) is 42.5 Å². The molecule has 5 nitrogen and oxygen atoms in total. The second-order valence-electron chi connectivity index (χ2n) is 4.33. The number of carbonyl (C=O) groups is 2. The highest BCUT2D eigenvalue weighted by molar-refractivity contribution is 6.01. The Labute approximate surface area is 108 Å². The quantitative estimate of drug-likeness (QED) is 0.720. The fraction of sp³-hybridized carbons (Fsp3) is 0.143. The van der Waals surface area contributed by atoms with E-state index in [1.165, 1.54) is 0 Å². The van der Waals surface area contributed by atoms with Crippen LogP contribution in [0, 0.1) is 0 Å². The molecule has 2 aromatic carbocycles. The monoisotopic (exact) mass is 260 g/mol. The van der Waals surface area contributed by atoms with Crippen LogP contribution in [0.1, 0.15) is 5.56 Å². The fourth-order valence-corrected chi connectivity index (χ4v) is 1.89. The average Bonchev–Trinajstić information content (AvgIpc) is 2.38. The number of benzene rings is 2. The van der Waals surface area contributed by atoms with E-state index < -0.39 is 24.0 Å². The fourth-order valence-electron chi connectivity index (χ4n) is 1.89. The van der Waals surface area contributed by atoms with Gasteiger partial charge in [0.2, 0.25) is 0 Å². The second-order valence-corrected chi connectivity index (χ2v) is 4.33. The first kappa shape index (κ1) is 13.0. The molecule has 0 aliphatic heterocycles. The van der Waals surface area contributed by atoms with Gasteiger partial charge in [-0.1, -0.05) is 42.5 Å². The van der Waals surface area contributed by atoms with E-state index in [0.717, 1.165) is 10.8 Å². The van der Waals surface area contributed by atoms with Gasteiger partial charge in [-0.15, -0.1) is 0 Å². The van der Waals surface area contributed by atoms with Crippen molar-refractivity contribution < 1.29 is 24.9 Å². The van der Waals surface area contributed by atoms with Crippen LogP contribution in [0.25, 0.3) is 10.8 Å². The average molecular weight is 260 g/mol. The minimum absolute atomic E-state index is 0.450. The first-order valence-electron chi connectivity index (χ1n) is 5.60. The summed E-state index contributed by atoms with van der Waals surface area (Å²) < 4.78 is 0. The molecule has 0 bridgehead atoms. The number of fused-ring (bicyclic) bond motifs is 1. The molecule has 0 unspecified atom stereocenters. The SMILES string of the molecule is O=C(O)C(O)(Cc1ccc2ccccc2c1)C(=O)O. The number of aliphatic carboxylic acids is 2. The maximum absolute atomic E-state index is 10.9. The highest BCUT2D eigenvalue weighted by Crippen LogP contribution is 2.20. The summed E-state index contributed by atoms with van der Waals surface area (Å²) in [7, 11) is 0. The largest absolute Gasteiger partial charge is 0.479 e. The zero-order valence-corrected chi connectivity index (χ0v) is 9.91. The number of hydrogen-bond donors (Lipinski definition) is 3. The summed E-state index contributed by atoms with van der Waals surface area (Å²) in [5.41, 5.74) is -2.35. The normalized spacial score (nSPS) is 11.4. The molecule has 0 aliphatic carbocycles. The molecule has 0 radical (unpaired) electrons. The van der Waals surface area contributed by atoms with E-state index in [1.807, 2.05) is 24.3 Å². The summed E-state index contributed by atoms with van der Waals surface area (Å²) in [6.45, 7) is 0. The van der Waals surface area contributed by atoms with Crippen molar-refractivity contribution in [1.82, 2.24) is 0 Å². The van der Waals surface area contributed by atoms with Crippen LogP contribution in [0.2, 0.25) is 0 Å². The predicted octanol–water partition coefficient (Wildman–Crippen LogP) is 1.28. The molecule has 0 saturated heterocycles. The maximum atomic E-state index is 10.9. The number of aliphatic hydroxyl groups is 1. The summed E-state index contributed by atoms with van der Waals surface area (Å²) >= 11 is 0. The van der Waals surface area contributed by atoms with Gasteiger partial charge in [0.1, 0.15) is 0 Å². The first-order chi connectivity index (χ1) is 8.93. The number of rotatable bonds is 4. The van der Waals surface area contributed by atoms with Crippen molar-refractivity contribution in [3.63, 3.8) is 0 Å². The van der Waals surface area contributed by atoms with Crippen molar-refractivity contribution in [2.24, 2.45) is 0 Å². The van der Waals surface area contributed by atoms with Crippen molar-refractivity contribution in [2.45, 2.75) is 12.0 Å². The molecule has 5 heteroatoms. The minimum Gasteiger partial charge on any atom is -0.479 e. The van der Waals surface area contributed by atoms with E-state index in [1.54, 1.807) is 18.2 Å². The van der Waals surface area contributed by atoms with Crippen LogP contribution in [-0.4, -0.2) is 32.9 Å². The minimum atomic E-state index is -2.80. The summed E-state index contributed by atoms with van der Waals surface area (Å²) in [5.74, 6) is -3.54. The molecule has 2 aromatic rings. The lowest BCUT2D eigenvalue weighted by Crippen LogP contribution is -2.48. The third-order valence-electron chi connectivity index (χ3n) is 2.98. The van der Waals surface area contributed by atoms with Gasteiger partial charge in [0, 0.05) is 6.42 Å². The summed E-state index contributed by atoms with van der Waals surface area (Å²) in [4.78, 5) is 21.8. The third-order valence-corrected chi connectivity index (χ3v) is 2.98. The van der Waals surface area contributed by atoms with E-state index in [9.17, 15) is 14.7 Å². The molecule has 0 aliphatic rings. The molecule has 2 rings (SSSR count). The van der Waals surface area contributed by atoms with Crippen molar-refractivity contribution in [3.05, 3.63) is 48.0 Å². The van der Waals surface area contributed by atoms with Crippen molar-refractivity contribution in [2.75, 3.05) is 0 Å². The Bertz CT molecular complexity index is 633. The Morgan fingerprint density at radius 3 is 2.11 bits per heavy atom. The highest BCUT2D eigenvalue weighted by atomic mass is 16.4. The molecule has 0 saturated carbocycles. The number of carboxylic acids is 2. The molecule has 0 fully saturated rings.